The van der Waals surface area contributed by atoms with E-state index in [9.17, 15) is 35.4 Å². The Hall–Kier alpha value is -0.850. The molecule has 0 radical (unpaired) electrons. The van der Waals surface area contributed by atoms with Gasteiger partial charge in [-0.2, -0.15) is 0 Å². The van der Waals surface area contributed by atoms with Crippen molar-refractivity contribution in [2.45, 2.75) is 171 Å². The fourth-order valence-corrected chi connectivity index (χ4v) is 5.93. The maximum Gasteiger partial charge on any atom is 0.223 e. The van der Waals surface area contributed by atoms with Crippen molar-refractivity contribution in [3.05, 3.63) is 0 Å². The molecular formula is C31H59NO9. The summed E-state index contributed by atoms with van der Waals surface area (Å²) in [4.78, 5) is 13.0. The van der Waals surface area contributed by atoms with Crippen LogP contribution in [0.1, 0.15) is 122 Å². The molecule has 41 heavy (non-hydrogen) atoms. The minimum Gasteiger partial charge on any atom is -0.394 e. The number of unbranched alkanes of at least 4 members (excludes halogenated alkanes) is 11. The maximum absolute atomic E-state index is 13.0. The van der Waals surface area contributed by atoms with Gasteiger partial charge in [-0.1, -0.05) is 103 Å². The average molecular weight is 590 g/mol. The molecule has 1 saturated heterocycles. The molecule has 2 fully saturated rings. The zero-order valence-corrected chi connectivity index (χ0v) is 25.2. The van der Waals surface area contributed by atoms with Gasteiger partial charge in [0.05, 0.1) is 25.4 Å². The zero-order chi connectivity index (χ0) is 30.0. The van der Waals surface area contributed by atoms with Crippen molar-refractivity contribution in [3.8, 4) is 0 Å². The van der Waals surface area contributed by atoms with E-state index in [1.165, 1.54) is 57.8 Å². The van der Waals surface area contributed by atoms with Gasteiger partial charge in [-0.3, -0.25) is 4.79 Å². The molecule has 7 N–H and O–H groups in total. The van der Waals surface area contributed by atoms with Crippen molar-refractivity contribution in [3.63, 3.8) is 0 Å². The number of aliphatic hydroxyl groups excluding tert-OH is 6. The third-order valence-corrected chi connectivity index (χ3v) is 8.75. The van der Waals surface area contributed by atoms with E-state index >= 15 is 0 Å². The minimum atomic E-state index is -1.59. The third kappa shape index (κ3) is 13.1. The summed E-state index contributed by atoms with van der Waals surface area (Å²) in [5, 5.41) is 64.4. The quantitative estimate of drug-likeness (QED) is 0.0995. The molecule has 2 rings (SSSR count). The van der Waals surface area contributed by atoms with E-state index in [-0.39, 0.29) is 18.4 Å². The van der Waals surface area contributed by atoms with E-state index in [0.717, 1.165) is 51.4 Å². The van der Waals surface area contributed by atoms with Crippen LogP contribution in [0, 0.1) is 5.92 Å². The molecule has 8 atom stereocenters. The first kappa shape index (κ1) is 36.3. The van der Waals surface area contributed by atoms with Gasteiger partial charge >= 0.3 is 0 Å². The van der Waals surface area contributed by atoms with E-state index in [1.54, 1.807) is 0 Å². The van der Waals surface area contributed by atoms with Gasteiger partial charge in [-0.25, -0.2) is 0 Å². The molecule has 8 unspecified atom stereocenters. The van der Waals surface area contributed by atoms with E-state index < -0.39 is 55.6 Å². The van der Waals surface area contributed by atoms with Crippen LogP contribution in [0.15, 0.2) is 0 Å². The predicted molar refractivity (Wildman–Crippen MR) is 156 cm³/mol. The number of carbonyl (C=O) groups is 1. The summed E-state index contributed by atoms with van der Waals surface area (Å²) in [5.74, 6) is -0.372. The Labute approximate surface area is 246 Å². The van der Waals surface area contributed by atoms with Crippen LogP contribution >= 0.6 is 0 Å². The smallest absolute Gasteiger partial charge is 0.223 e. The van der Waals surface area contributed by atoms with Crippen LogP contribution in [0.3, 0.4) is 0 Å². The summed E-state index contributed by atoms with van der Waals surface area (Å²) < 4.78 is 11.0. The molecule has 1 heterocycles. The summed E-state index contributed by atoms with van der Waals surface area (Å²) in [6.45, 7) is 1.35. The molecule has 1 aliphatic heterocycles. The second kappa shape index (κ2) is 21.0. The first-order valence-corrected chi connectivity index (χ1v) is 16.4. The SMILES string of the molecule is CCCCCCCCCCCCCCC(O)C(O)C(COC1OC(CO)C(O)C(O)C1O)NC(=O)C1CCCCC1. The molecule has 0 aromatic carbocycles. The number of hydrogen-bond acceptors (Lipinski definition) is 9. The number of ether oxygens (including phenoxy) is 2. The van der Waals surface area contributed by atoms with Gasteiger partial charge in [-0.05, 0) is 19.3 Å². The Morgan fingerprint density at radius 3 is 1.95 bits per heavy atom. The lowest BCUT2D eigenvalue weighted by molar-refractivity contribution is -0.303. The molecular weight excluding hydrogens is 530 g/mol. The lowest BCUT2D eigenvalue weighted by Crippen LogP contribution is -2.60. The zero-order valence-electron chi connectivity index (χ0n) is 25.2. The topological polar surface area (TPSA) is 169 Å². The molecule has 1 aliphatic carbocycles. The number of nitrogens with one attached hydrogen (secondary N) is 1. The van der Waals surface area contributed by atoms with Crippen LogP contribution in [-0.2, 0) is 14.3 Å². The van der Waals surface area contributed by atoms with Crippen molar-refractivity contribution in [1.29, 1.82) is 0 Å². The van der Waals surface area contributed by atoms with Crippen molar-refractivity contribution < 1.29 is 44.9 Å². The van der Waals surface area contributed by atoms with Gasteiger partial charge in [0.1, 0.15) is 30.5 Å². The molecule has 10 heteroatoms. The standard InChI is InChI=1S/C31H59NO9/c1-2-3-4-5-6-7-8-9-10-11-12-16-19-24(34)26(35)23(32-30(39)22-17-14-13-15-18-22)21-40-31-29(38)28(37)27(36)25(20-33)41-31/h22-29,31,33-38H,2-21H2,1H3,(H,32,39). The van der Waals surface area contributed by atoms with E-state index in [0.29, 0.717) is 6.42 Å². The minimum absolute atomic E-state index is 0.167. The van der Waals surface area contributed by atoms with Crippen molar-refractivity contribution in [1.82, 2.24) is 5.32 Å². The average Bonchev–Trinajstić information content (AvgIpc) is 2.99. The Kier molecular flexibility index (Phi) is 18.6. The van der Waals surface area contributed by atoms with Gasteiger partial charge in [0.2, 0.25) is 5.91 Å². The monoisotopic (exact) mass is 589 g/mol. The van der Waals surface area contributed by atoms with Crippen LogP contribution in [-0.4, -0.2) is 98.7 Å². The van der Waals surface area contributed by atoms with Gasteiger partial charge < -0.3 is 45.4 Å². The molecule has 10 nitrogen and oxygen atoms in total. The summed E-state index contributed by atoms with van der Waals surface area (Å²) in [6.07, 6.45) is 9.71. The second-order valence-electron chi connectivity index (χ2n) is 12.2. The highest BCUT2D eigenvalue weighted by atomic mass is 16.7. The summed E-state index contributed by atoms with van der Waals surface area (Å²) >= 11 is 0. The lowest BCUT2D eigenvalue weighted by atomic mass is 9.88. The fourth-order valence-electron chi connectivity index (χ4n) is 5.93. The van der Waals surface area contributed by atoms with Crippen LogP contribution < -0.4 is 5.32 Å². The van der Waals surface area contributed by atoms with Gasteiger partial charge in [0.25, 0.3) is 0 Å². The highest BCUT2D eigenvalue weighted by Gasteiger charge is 2.44. The van der Waals surface area contributed by atoms with E-state index in [1.807, 2.05) is 0 Å². The molecule has 1 amide bonds. The Morgan fingerprint density at radius 1 is 0.829 bits per heavy atom. The molecule has 1 saturated carbocycles. The summed E-state index contributed by atoms with van der Waals surface area (Å²) in [6, 6.07) is -0.968. The first-order valence-electron chi connectivity index (χ1n) is 16.4. The lowest BCUT2D eigenvalue weighted by Gasteiger charge is -2.40. The molecule has 0 bridgehead atoms. The van der Waals surface area contributed by atoms with Crippen LogP contribution in [0.4, 0.5) is 0 Å². The van der Waals surface area contributed by atoms with Crippen molar-refractivity contribution in [2.24, 2.45) is 5.92 Å². The molecule has 0 aromatic heterocycles. The highest BCUT2D eigenvalue weighted by molar-refractivity contribution is 5.79. The van der Waals surface area contributed by atoms with Gasteiger partial charge in [-0.15, -0.1) is 0 Å². The van der Waals surface area contributed by atoms with Crippen LogP contribution in [0.2, 0.25) is 0 Å². The maximum atomic E-state index is 13.0. The second-order valence-corrected chi connectivity index (χ2v) is 12.2. The van der Waals surface area contributed by atoms with Crippen molar-refractivity contribution >= 4 is 5.91 Å². The predicted octanol–water partition coefficient (Wildman–Crippen LogP) is 2.68. The van der Waals surface area contributed by atoms with E-state index in [2.05, 4.69) is 12.2 Å². The first-order chi connectivity index (χ1) is 19.8. The summed E-state index contributed by atoms with van der Waals surface area (Å²) in [7, 11) is 0. The largest absolute Gasteiger partial charge is 0.394 e. The Balaban J connectivity index is 1.80. The third-order valence-electron chi connectivity index (χ3n) is 8.75. The Bertz CT molecular complexity index is 676. The van der Waals surface area contributed by atoms with Crippen LogP contribution in [0.5, 0.6) is 0 Å². The molecule has 2 aliphatic rings. The number of amides is 1. The van der Waals surface area contributed by atoms with Gasteiger partial charge in [0, 0.05) is 5.92 Å². The van der Waals surface area contributed by atoms with Gasteiger partial charge in [0.15, 0.2) is 6.29 Å². The number of aliphatic hydroxyl groups is 6. The molecule has 0 spiro atoms. The molecule has 0 aromatic rings. The normalized spacial score (nSPS) is 27.8. The summed E-state index contributed by atoms with van der Waals surface area (Å²) in [5.41, 5.74) is 0. The highest BCUT2D eigenvalue weighted by Crippen LogP contribution is 2.25. The Morgan fingerprint density at radius 2 is 1.39 bits per heavy atom. The fraction of sp³-hybridized carbons (Fsp3) is 0.968. The van der Waals surface area contributed by atoms with Crippen molar-refractivity contribution in [2.75, 3.05) is 13.2 Å². The molecule has 242 valence electrons. The number of carbonyl (C=O) groups excluding carboxylic acids is 1. The van der Waals surface area contributed by atoms with Crippen LogP contribution in [0.25, 0.3) is 0 Å². The number of hydrogen-bond donors (Lipinski definition) is 7. The number of rotatable bonds is 21. The van der Waals surface area contributed by atoms with E-state index in [4.69, 9.17) is 9.47 Å².